The maximum atomic E-state index is 10.6. The number of carboxylic acid groups (broad SMARTS) is 1. The van der Waals surface area contributed by atoms with Crippen molar-refractivity contribution < 1.29 is 23.1 Å². The molecule has 3 heterocycles. The molecule has 0 bridgehead atoms. The van der Waals surface area contributed by atoms with Crippen molar-refractivity contribution in [3.05, 3.63) is 28.8 Å². The number of alkyl halides is 3. The van der Waals surface area contributed by atoms with E-state index in [1.165, 1.54) is 12.8 Å². The topological polar surface area (TPSA) is 97.9 Å². The van der Waals surface area contributed by atoms with Crippen LogP contribution in [0.3, 0.4) is 0 Å². The standard InChI is InChI=1S/C12H17BrN6.C2HF3O2/c13-11-5-15-18(7-11)8-12-9-19(17-16-12)6-10-2-1-3-14-4-10;3-2(4,5)1(6)7/h5,7,9-10,14H,1-4,6,8H2;(H,6,7). The Morgan fingerprint density at radius 1 is 1.38 bits per heavy atom. The predicted molar refractivity (Wildman–Crippen MR) is 88.3 cm³/mol. The fraction of sp³-hybridized carbons (Fsp3) is 0.571. The van der Waals surface area contributed by atoms with E-state index in [9.17, 15) is 13.2 Å². The quantitative estimate of drug-likeness (QED) is 0.756. The summed E-state index contributed by atoms with van der Waals surface area (Å²) < 4.78 is 36.5. The fourth-order valence-electron chi connectivity index (χ4n) is 2.44. The molecule has 2 aromatic heterocycles. The van der Waals surface area contributed by atoms with Crippen molar-refractivity contribution in [2.75, 3.05) is 13.1 Å². The molecule has 8 nitrogen and oxygen atoms in total. The molecule has 0 aliphatic carbocycles. The maximum Gasteiger partial charge on any atom is 0.490 e. The first-order valence-corrected chi connectivity index (χ1v) is 8.61. The molecule has 1 unspecified atom stereocenters. The number of hydrogen-bond acceptors (Lipinski definition) is 5. The molecule has 3 rings (SSSR count). The summed E-state index contributed by atoms with van der Waals surface area (Å²) in [4.78, 5) is 8.90. The van der Waals surface area contributed by atoms with E-state index in [0.717, 1.165) is 29.8 Å². The first-order chi connectivity index (χ1) is 12.2. The van der Waals surface area contributed by atoms with Crippen LogP contribution >= 0.6 is 15.9 Å². The van der Waals surface area contributed by atoms with Crippen LogP contribution in [0.2, 0.25) is 0 Å². The Morgan fingerprint density at radius 3 is 2.65 bits per heavy atom. The van der Waals surface area contributed by atoms with Gasteiger partial charge < -0.3 is 10.4 Å². The van der Waals surface area contributed by atoms with E-state index in [1.807, 2.05) is 21.8 Å². The molecule has 12 heteroatoms. The molecule has 1 fully saturated rings. The minimum atomic E-state index is -5.08. The normalized spacial score (nSPS) is 17.5. The maximum absolute atomic E-state index is 10.6. The van der Waals surface area contributed by atoms with Crippen molar-refractivity contribution in [3.8, 4) is 0 Å². The monoisotopic (exact) mass is 438 g/mol. The Morgan fingerprint density at radius 2 is 2.12 bits per heavy atom. The van der Waals surface area contributed by atoms with Crippen LogP contribution in [0.4, 0.5) is 13.2 Å². The minimum Gasteiger partial charge on any atom is -0.475 e. The number of carboxylic acids is 1. The summed E-state index contributed by atoms with van der Waals surface area (Å²) >= 11 is 3.38. The van der Waals surface area contributed by atoms with E-state index < -0.39 is 12.1 Å². The summed E-state index contributed by atoms with van der Waals surface area (Å²) in [7, 11) is 0. The second-order valence-electron chi connectivity index (χ2n) is 5.80. The van der Waals surface area contributed by atoms with Crippen LogP contribution in [-0.4, -0.2) is 55.1 Å². The van der Waals surface area contributed by atoms with Crippen LogP contribution < -0.4 is 5.32 Å². The van der Waals surface area contributed by atoms with Gasteiger partial charge in [-0.15, -0.1) is 5.10 Å². The summed E-state index contributed by atoms with van der Waals surface area (Å²) in [5, 5.41) is 23.2. The Labute approximate surface area is 155 Å². The van der Waals surface area contributed by atoms with Crippen LogP contribution in [0, 0.1) is 5.92 Å². The van der Waals surface area contributed by atoms with Crippen LogP contribution in [0.1, 0.15) is 18.5 Å². The minimum absolute atomic E-state index is 0.661. The number of nitrogens with one attached hydrogen (secondary N) is 1. The zero-order chi connectivity index (χ0) is 19.2. The molecular formula is C14H18BrF3N6O2. The van der Waals surface area contributed by atoms with Gasteiger partial charge in [-0.25, -0.2) is 4.79 Å². The average molecular weight is 439 g/mol. The number of aliphatic carboxylic acids is 1. The van der Waals surface area contributed by atoms with Crippen molar-refractivity contribution >= 4 is 21.9 Å². The molecule has 0 amide bonds. The average Bonchev–Trinajstić information content (AvgIpc) is 3.17. The lowest BCUT2D eigenvalue weighted by Gasteiger charge is -2.22. The highest BCUT2D eigenvalue weighted by Gasteiger charge is 2.38. The molecule has 144 valence electrons. The molecule has 0 aromatic carbocycles. The number of halogens is 4. The van der Waals surface area contributed by atoms with Crippen LogP contribution in [0.25, 0.3) is 0 Å². The highest BCUT2D eigenvalue weighted by atomic mass is 79.9. The Hall–Kier alpha value is -1.95. The van der Waals surface area contributed by atoms with Crippen molar-refractivity contribution in [1.29, 1.82) is 0 Å². The van der Waals surface area contributed by atoms with Crippen molar-refractivity contribution in [2.24, 2.45) is 5.92 Å². The largest absolute Gasteiger partial charge is 0.490 e. The predicted octanol–water partition coefficient (Wildman–Crippen LogP) is 1.92. The van der Waals surface area contributed by atoms with Crippen molar-refractivity contribution in [1.82, 2.24) is 30.1 Å². The molecule has 2 aromatic rings. The van der Waals surface area contributed by atoms with Gasteiger partial charge in [-0.3, -0.25) is 9.36 Å². The smallest absolute Gasteiger partial charge is 0.475 e. The Kier molecular flexibility index (Phi) is 7.14. The lowest BCUT2D eigenvalue weighted by atomic mass is 10.00. The lowest BCUT2D eigenvalue weighted by molar-refractivity contribution is -0.192. The van der Waals surface area contributed by atoms with Crippen LogP contribution in [-0.2, 0) is 17.9 Å². The summed E-state index contributed by atoms with van der Waals surface area (Å²) in [6, 6.07) is 0. The fourth-order valence-corrected chi connectivity index (χ4v) is 2.76. The van der Waals surface area contributed by atoms with Gasteiger partial charge in [0.05, 0.1) is 23.4 Å². The van der Waals surface area contributed by atoms with Crippen LogP contribution in [0.15, 0.2) is 23.1 Å². The van der Waals surface area contributed by atoms with Gasteiger partial charge in [0, 0.05) is 12.7 Å². The number of hydrogen-bond donors (Lipinski definition) is 2. The molecule has 0 radical (unpaired) electrons. The number of nitrogens with zero attached hydrogens (tertiary/aromatic N) is 5. The second-order valence-corrected chi connectivity index (χ2v) is 6.72. The highest BCUT2D eigenvalue weighted by molar-refractivity contribution is 9.10. The van der Waals surface area contributed by atoms with E-state index in [2.05, 4.69) is 36.7 Å². The molecule has 0 spiro atoms. The third-order valence-electron chi connectivity index (χ3n) is 3.60. The summed E-state index contributed by atoms with van der Waals surface area (Å²) in [5.41, 5.74) is 0.944. The highest BCUT2D eigenvalue weighted by Crippen LogP contribution is 2.13. The molecular weight excluding hydrogens is 421 g/mol. The molecule has 1 atom stereocenters. The number of carbonyl (C=O) groups is 1. The zero-order valence-corrected chi connectivity index (χ0v) is 15.2. The van der Waals surface area contributed by atoms with E-state index in [1.54, 1.807) is 6.20 Å². The molecule has 1 aliphatic heterocycles. The summed E-state index contributed by atoms with van der Waals surface area (Å²) in [6.07, 6.45) is 3.17. The number of rotatable bonds is 4. The van der Waals surface area contributed by atoms with Gasteiger partial charge in [-0.1, -0.05) is 5.21 Å². The van der Waals surface area contributed by atoms with Gasteiger partial charge in [0.2, 0.25) is 0 Å². The zero-order valence-electron chi connectivity index (χ0n) is 13.7. The molecule has 26 heavy (non-hydrogen) atoms. The third kappa shape index (κ3) is 6.75. The Bertz CT molecular complexity index is 712. The molecule has 1 saturated heterocycles. The van der Waals surface area contributed by atoms with E-state index >= 15 is 0 Å². The van der Waals surface area contributed by atoms with E-state index in [-0.39, 0.29) is 0 Å². The first-order valence-electron chi connectivity index (χ1n) is 7.82. The van der Waals surface area contributed by atoms with Gasteiger partial charge in [0.25, 0.3) is 0 Å². The van der Waals surface area contributed by atoms with Gasteiger partial charge in [-0.05, 0) is 47.8 Å². The van der Waals surface area contributed by atoms with Crippen molar-refractivity contribution in [3.63, 3.8) is 0 Å². The van der Waals surface area contributed by atoms with E-state index in [4.69, 9.17) is 9.90 Å². The molecule has 2 N–H and O–H groups in total. The van der Waals surface area contributed by atoms with Crippen molar-refractivity contribution in [2.45, 2.75) is 32.1 Å². The summed E-state index contributed by atoms with van der Waals surface area (Å²) in [5.74, 6) is -2.09. The van der Waals surface area contributed by atoms with Crippen LogP contribution in [0.5, 0.6) is 0 Å². The van der Waals surface area contributed by atoms with Gasteiger partial charge in [0.15, 0.2) is 0 Å². The number of aromatic nitrogens is 5. The SMILES string of the molecule is Brc1cnn(Cc2cn(CC3CCCNC3)nn2)c1.O=C(O)C(F)(F)F. The third-order valence-corrected chi connectivity index (χ3v) is 4.01. The molecule has 0 saturated carbocycles. The van der Waals surface area contributed by atoms with Gasteiger partial charge >= 0.3 is 12.1 Å². The molecule has 1 aliphatic rings. The summed E-state index contributed by atoms with van der Waals surface area (Å²) in [6.45, 7) is 3.84. The lowest BCUT2D eigenvalue weighted by Crippen LogP contribution is -2.32. The Balaban J connectivity index is 0.000000298. The van der Waals surface area contributed by atoms with E-state index in [0.29, 0.717) is 12.5 Å². The first kappa shape index (κ1) is 20.4. The van der Waals surface area contributed by atoms with Gasteiger partial charge in [-0.2, -0.15) is 18.3 Å². The second kappa shape index (κ2) is 9.12. The van der Waals surface area contributed by atoms with Gasteiger partial charge in [0.1, 0.15) is 5.69 Å². The number of piperidine rings is 1.